The summed E-state index contributed by atoms with van der Waals surface area (Å²) in [6, 6.07) is 18.4. The quantitative estimate of drug-likeness (QED) is 0.475. The van der Waals surface area contributed by atoms with Crippen molar-refractivity contribution >= 4 is 22.6 Å². The number of fused-ring (bicyclic) bond motifs is 1. The number of para-hydroxylation sites is 1. The summed E-state index contributed by atoms with van der Waals surface area (Å²) in [4.78, 5) is 16.0. The number of hydrogen-bond acceptors (Lipinski definition) is 5. The lowest BCUT2D eigenvalue weighted by Gasteiger charge is -2.09. The van der Waals surface area contributed by atoms with Gasteiger partial charge in [-0.15, -0.1) is 0 Å². The SMILES string of the molecule is O=c1oc(Nc2ccc(Oc3ccccc3)cc2)nc2cc(C(F)(F)F)ccc12. The number of rotatable bonds is 4. The minimum absolute atomic E-state index is 0.0323. The fourth-order valence-electron chi connectivity index (χ4n) is 2.66. The Kier molecular flexibility index (Phi) is 4.67. The maximum atomic E-state index is 12.9. The summed E-state index contributed by atoms with van der Waals surface area (Å²) in [5.41, 5.74) is -1.26. The molecule has 29 heavy (non-hydrogen) atoms. The first-order chi connectivity index (χ1) is 13.9. The predicted octanol–water partition coefficient (Wildman–Crippen LogP) is 5.74. The Labute approximate surface area is 162 Å². The number of hydrogen-bond donors (Lipinski definition) is 1. The first-order valence-corrected chi connectivity index (χ1v) is 8.50. The maximum Gasteiger partial charge on any atom is 0.416 e. The Morgan fingerprint density at radius 3 is 2.28 bits per heavy atom. The first kappa shape index (κ1) is 18.5. The summed E-state index contributed by atoms with van der Waals surface area (Å²) in [7, 11) is 0. The average Bonchev–Trinajstić information content (AvgIpc) is 2.69. The van der Waals surface area contributed by atoms with Gasteiger partial charge in [-0.2, -0.15) is 18.2 Å². The Morgan fingerprint density at radius 2 is 1.59 bits per heavy atom. The molecule has 5 nitrogen and oxygen atoms in total. The number of aromatic nitrogens is 1. The first-order valence-electron chi connectivity index (χ1n) is 8.50. The van der Waals surface area contributed by atoms with E-state index in [2.05, 4.69) is 10.3 Å². The molecule has 0 unspecified atom stereocenters. The third-order valence-corrected chi connectivity index (χ3v) is 4.04. The van der Waals surface area contributed by atoms with Crippen LogP contribution >= 0.6 is 0 Å². The molecule has 0 amide bonds. The highest BCUT2D eigenvalue weighted by atomic mass is 19.4. The number of anilines is 2. The van der Waals surface area contributed by atoms with Crippen LogP contribution in [0.5, 0.6) is 11.5 Å². The van der Waals surface area contributed by atoms with Gasteiger partial charge in [0, 0.05) is 5.69 Å². The Balaban J connectivity index is 1.58. The standard InChI is InChI=1S/C21H13F3N2O3/c22-21(23,24)13-6-11-17-18(12-13)26-20(29-19(17)27)25-14-7-9-16(10-8-14)28-15-4-2-1-3-5-15/h1-12H,(H,25,26). The molecule has 3 aromatic carbocycles. The van der Waals surface area contributed by atoms with Gasteiger partial charge in [0.2, 0.25) is 0 Å². The molecule has 8 heteroatoms. The van der Waals surface area contributed by atoms with Crippen LogP contribution in [0.15, 0.2) is 82.0 Å². The highest BCUT2D eigenvalue weighted by Gasteiger charge is 2.30. The van der Waals surface area contributed by atoms with Crippen molar-refractivity contribution in [3.63, 3.8) is 0 Å². The summed E-state index contributed by atoms with van der Waals surface area (Å²) in [5.74, 6) is 1.26. The third-order valence-electron chi connectivity index (χ3n) is 4.04. The van der Waals surface area contributed by atoms with Crippen molar-refractivity contribution in [3.8, 4) is 11.5 Å². The van der Waals surface area contributed by atoms with Crippen LogP contribution in [-0.4, -0.2) is 4.98 Å². The summed E-state index contributed by atoms with van der Waals surface area (Å²) in [6.45, 7) is 0. The van der Waals surface area contributed by atoms with E-state index in [1.165, 1.54) is 0 Å². The number of alkyl halides is 3. The molecule has 0 saturated heterocycles. The monoisotopic (exact) mass is 398 g/mol. The third kappa shape index (κ3) is 4.21. The number of benzene rings is 3. The molecule has 0 bridgehead atoms. The largest absolute Gasteiger partial charge is 0.457 e. The van der Waals surface area contributed by atoms with Crippen LogP contribution in [0.3, 0.4) is 0 Å². The van der Waals surface area contributed by atoms with Gasteiger partial charge in [-0.3, -0.25) is 0 Å². The van der Waals surface area contributed by atoms with Gasteiger partial charge in [-0.25, -0.2) is 4.79 Å². The van der Waals surface area contributed by atoms with E-state index in [4.69, 9.17) is 9.15 Å². The molecule has 4 aromatic rings. The summed E-state index contributed by atoms with van der Waals surface area (Å²) >= 11 is 0. The second kappa shape index (κ2) is 7.31. The molecule has 0 radical (unpaired) electrons. The fraction of sp³-hybridized carbons (Fsp3) is 0.0476. The van der Waals surface area contributed by atoms with Crippen LogP contribution in [0, 0.1) is 0 Å². The molecule has 1 N–H and O–H groups in total. The average molecular weight is 398 g/mol. The second-order valence-electron chi connectivity index (χ2n) is 6.10. The molecular formula is C21H13F3N2O3. The second-order valence-corrected chi connectivity index (χ2v) is 6.10. The molecule has 1 aromatic heterocycles. The van der Waals surface area contributed by atoms with E-state index in [0.29, 0.717) is 17.2 Å². The zero-order chi connectivity index (χ0) is 20.4. The molecule has 0 spiro atoms. The van der Waals surface area contributed by atoms with Crippen molar-refractivity contribution in [2.75, 3.05) is 5.32 Å². The molecule has 0 atom stereocenters. The van der Waals surface area contributed by atoms with E-state index < -0.39 is 17.4 Å². The number of halogens is 3. The fourth-order valence-corrected chi connectivity index (χ4v) is 2.66. The van der Waals surface area contributed by atoms with Crippen molar-refractivity contribution in [2.45, 2.75) is 6.18 Å². The lowest BCUT2D eigenvalue weighted by Crippen LogP contribution is -2.08. The van der Waals surface area contributed by atoms with Crippen LogP contribution in [0.25, 0.3) is 10.9 Å². The molecule has 0 saturated carbocycles. The van der Waals surface area contributed by atoms with Crippen LogP contribution < -0.4 is 15.7 Å². The van der Waals surface area contributed by atoms with E-state index in [9.17, 15) is 18.0 Å². The Bertz CT molecular complexity index is 1200. The molecule has 146 valence electrons. The highest BCUT2D eigenvalue weighted by molar-refractivity contribution is 5.79. The van der Waals surface area contributed by atoms with Gasteiger partial charge < -0.3 is 14.5 Å². The van der Waals surface area contributed by atoms with E-state index in [1.54, 1.807) is 24.3 Å². The van der Waals surface area contributed by atoms with Crippen LogP contribution in [-0.2, 0) is 6.18 Å². The lowest BCUT2D eigenvalue weighted by molar-refractivity contribution is -0.137. The Morgan fingerprint density at radius 1 is 0.897 bits per heavy atom. The van der Waals surface area contributed by atoms with Crippen molar-refractivity contribution in [3.05, 3.63) is 88.8 Å². The molecule has 0 aliphatic rings. The molecule has 1 heterocycles. The van der Waals surface area contributed by atoms with E-state index in [0.717, 1.165) is 18.2 Å². The van der Waals surface area contributed by atoms with E-state index in [-0.39, 0.29) is 16.9 Å². The molecule has 0 fully saturated rings. The van der Waals surface area contributed by atoms with Gasteiger partial charge in [0.1, 0.15) is 11.5 Å². The Hall–Kier alpha value is -3.81. The molecular weight excluding hydrogens is 385 g/mol. The number of nitrogens with zero attached hydrogens (tertiary/aromatic N) is 1. The van der Waals surface area contributed by atoms with Gasteiger partial charge in [-0.05, 0) is 54.6 Å². The van der Waals surface area contributed by atoms with Gasteiger partial charge in [0.05, 0.1) is 16.5 Å². The van der Waals surface area contributed by atoms with Gasteiger partial charge >= 0.3 is 17.8 Å². The minimum Gasteiger partial charge on any atom is -0.457 e. The summed E-state index contributed by atoms with van der Waals surface area (Å²) in [6.07, 6.45) is -4.53. The van der Waals surface area contributed by atoms with Gasteiger partial charge in [0.25, 0.3) is 0 Å². The molecule has 4 rings (SSSR count). The summed E-state index contributed by atoms with van der Waals surface area (Å²) in [5, 5.41) is 2.74. The molecule has 0 aliphatic heterocycles. The van der Waals surface area contributed by atoms with Crippen molar-refractivity contribution in [1.29, 1.82) is 0 Å². The highest BCUT2D eigenvalue weighted by Crippen LogP contribution is 2.31. The van der Waals surface area contributed by atoms with Gasteiger partial charge in [-0.1, -0.05) is 18.2 Å². The van der Waals surface area contributed by atoms with E-state index >= 15 is 0 Å². The van der Waals surface area contributed by atoms with Gasteiger partial charge in [0.15, 0.2) is 0 Å². The number of ether oxygens (including phenoxy) is 1. The normalized spacial score (nSPS) is 11.4. The van der Waals surface area contributed by atoms with Crippen molar-refractivity contribution in [2.24, 2.45) is 0 Å². The zero-order valence-corrected chi connectivity index (χ0v) is 14.7. The summed E-state index contributed by atoms with van der Waals surface area (Å²) < 4.78 is 49.4. The lowest BCUT2D eigenvalue weighted by atomic mass is 10.1. The van der Waals surface area contributed by atoms with Crippen LogP contribution in [0.4, 0.5) is 24.9 Å². The van der Waals surface area contributed by atoms with Crippen LogP contribution in [0.2, 0.25) is 0 Å². The topological polar surface area (TPSA) is 64.4 Å². The van der Waals surface area contributed by atoms with E-state index in [1.807, 2.05) is 30.3 Å². The predicted molar refractivity (Wildman–Crippen MR) is 102 cm³/mol. The number of nitrogens with one attached hydrogen (secondary N) is 1. The minimum atomic E-state index is -4.53. The maximum absolute atomic E-state index is 12.9. The smallest absolute Gasteiger partial charge is 0.416 e. The van der Waals surface area contributed by atoms with Crippen molar-refractivity contribution < 1.29 is 22.3 Å². The molecule has 0 aliphatic carbocycles. The zero-order valence-electron chi connectivity index (χ0n) is 14.7. The van der Waals surface area contributed by atoms with Crippen LogP contribution in [0.1, 0.15) is 5.56 Å². The van der Waals surface area contributed by atoms with Crippen molar-refractivity contribution in [1.82, 2.24) is 4.98 Å².